The van der Waals surface area contributed by atoms with Gasteiger partial charge in [0.2, 0.25) is 0 Å². The summed E-state index contributed by atoms with van der Waals surface area (Å²) in [5, 5.41) is 2.48. The van der Waals surface area contributed by atoms with Gasteiger partial charge in [-0.2, -0.15) is 0 Å². The molecule has 4 heteroatoms. The van der Waals surface area contributed by atoms with Crippen molar-refractivity contribution in [1.29, 1.82) is 0 Å². The zero-order chi connectivity index (χ0) is 10.7. The molecule has 0 saturated heterocycles. The molecule has 1 aromatic heterocycles. The highest BCUT2D eigenvalue weighted by molar-refractivity contribution is 7.11. The maximum Gasteiger partial charge on any atom is 0.273 e. The highest BCUT2D eigenvalue weighted by Crippen LogP contribution is 2.26. The Bertz CT molecular complexity index is 455. The van der Waals surface area contributed by atoms with Crippen LogP contribution in [0.25, 0.3) is 11.3 Å². The Morgan fingerprint density at radius 2 is 2.33 bits per heavy atom. The van der Waals surface area contributed by atoms with E-state index in [9.17, 15) is 4.39 Å². The summed E-state index contributed by atoms with van der Waals surface area (Å²) in [7, 11) is 0. The molecule has 0 unspecified atom stereocenters. The minimum Gasteiger partial charge on any atom is -0.470 e. The molecule has 2 rings (SSSR count). The minimum absolute atomic E-state index is 0.251. The Morgan fingerprint density at radius 1 is 1.47 bits per heavy atom. The number of halogens is 1. The maximum atomic E-state index is 13.0. The second-order valence-electron chi connectivity index (χ2n) is 2.94. The smallest absolute Gasteiger partial charge is 0.273 e. The van der Waals surface area contributed by atoms with Crippen molar-refractivity contribution in [3.8, 4) is 16.5 Å². The summed E-state index contributed by atoms with van der Waals surface area (Å²) in [6.07, 6.45) is 0. The molecule has 2 nitrogen and oxygen atoms in total. The van der Waals surface area contributed by atoms with Crippen molar-refractivity contribution in [3.63, 3.8) is 0 Å². The van der Waals surface area contributed by atoms with E-state index in [-0.39, 0.29) is 5.82 Å². The van der Waals surface area contributed by atoms with Gasteiger partial charge < -0.3 is 4.74 Å². The molecule has 0 aliphatic heterocycles. The first kappa shape index (κ1) is 10.1. The second kappa shape index (κ2) is 4.40. The van der Waals surface area contributed by atoms with Gasteiger partial charge in [-0.3, -0.25) is 0 Å². The monoisotopic (exact) mass is 223 g/mol. The molecular formula is C11H10FNOS. The van der Waals surface area contributed by atoms with Crippen LogP contribution in [0.3, 0.4) is 0 Å². The first-order valence-electron chi connectivity index (χ1n) is 4.64. The first-order chi connectivity index (χ1) is 7.29. The highest BCUT2D eigenvalue weighted by Gasteiger charge is 2.05. The Labute approximate surface area is 91.4 Å². The second-order valence-corrected chi connectivity index (χ2v) is 3.76. The fraction of sp³-hybridized carbons (Fsp3) is 0.182. The van der Waals surface area contributed by atoms with Gasteiger partial charge in [-0.25, -0.2) is 9.37 Å². The summed E-state index contributed by atoms with van der Waals surface area (Å²) in [5.41, 5.74) is 1.53. The van der Waals surface area contributed by atoms with Crippen LogP contribution in [0.15, 0.2) is 29.6 Å². The van der Waals surface area contributed by atoms with Gasteiger partial charge in [0.25, 0.3) is 5.19 Å². The molecule has 0 N–H and O–H groups in total. The normalized spacial score (nSPS) is 10.3. The summed E-state index contributed by atoms with van der Waals surface area (Å²) in [5.74, 6) is -0.251. The van der Waals surface area contributed by atoms with Crippen LogP contribution >= 0.6 is 11.3 Å². The maximum absolute atomic E-state index is 13.0. The molecule has 1 heterocycles. The van der Waals surface area contributed by atoms with Gasteiger partial charge in [-0.05, 0) is 19.1 Å². The number of aromatic nitrogens is 1. The lowest BCUT2D eigenvalue weighted by Crippen LogP contribution is -1.90. The molecule has 78 valence electrons. The Balaban J connectivity index is 2.29. The third-order valence-electron chi connectivity index (χ3n) is 1.87. The lowest BCUT2D eigenvalue weighted by Gasteiger charge is -1.96. The Morgan fingerprint density at radius 3 is 3.07 bits per heavy atom. The predicted molar refractivity (Wildman–Crippen MR) is 58.7 cm³/mol. The summed E-state index contributed by atoms with van der Waals surface area (Å²) in [6.45, 7) is 2.50. The Hall–Kier alpha value is -1.42. The van der Waals surface area contributed by atoms with E-state index in [1.807, 2.05) is 18.4 Å². The number of hydrogen-bond donors (Lipinski definition) is 0. The standard InChI is InChI=1S/C11H10FNOS/c1-2-14-11-13-10(7-15-11)8-4-3-5-9(12)6-8/h3-7H,2H2,1H3. The van der Waals surface area contributed by atoms with Crippen LogP contribution in [0.4, 0.5) is 4.39 Å². The molecule has 0 aliphatic carbocycles. The fourth-order valence-corrected chi connectivity index (χ4v) is 1.97. The van der Waals surface area contributed by atoms with E-state index in [4.69, 9.17) is 4.74 Å². The molecule has 0 radical (unpaired) electrons. The minimum atomic E-state index is -0.251. The SMILES string of the molecule is CCOc1nc(-c2cccc(F)c2)cs1. The molecule has 0 saturated carbocycles. The topological polar surface area (TPSA) is 22.1 Å². The van der Waals surface area contributed by atoms with E-state index in [0.29, 0.717) is 11.8 Å². The third kappa shape index (κ3) is 2.33. The van der Waals surface area contributed by atoms with Crippen LogP contribution in [0.5, 0.6) is 5.19 Å². The quantitative estimate of drug-likeness (QED) is 0.796. The summed E-state index contributed by atoms with van der Waals surface area (Å²) < 4.78 is 18.2. The average molecular weight is 223 g/mol. The summed E-state index contributed by atoms with van der Waals surface area (Å²) in [4.78, 5) is 4.24. The van der Waals surface area contributed by atoms with Crippen molar-refractivity contribution >= 4 is 11.3 Å². The molecule has 0 amide bonds. The van der Waals surface area contributed by atoms with Crippen molar-refractivity contribution in [2.24, 2.45) is 0 Å². The Kier molecular flexibility index (Phi) is 2.97. The van der Waals surface area contributed by atoms with Crippen molar-refractivity contribution in [1.82, 2.24) is 4.98 Å². The van der Waals surface area contributed by atoms with E-state index in [1.165, 1.54) is 23.5 Å². The number of hydrogen-bond acceptors (Lipinski definition) is 3. The fourth-order valence-electron chi connectivity index (χ4n) is 1.23. The zero-order valence-electron chi connectivity index (χ0n) is 8.24. The van der Waals surface area contributed by atoms with Crippen molar-refractivity contribution in [2.75, 3.05) is 6.61 Å². The van der Waals surface area contributed by atoms with Gasteiger partial charge in [0.1, 0.15) is 5.82 Å². The van der Waals surface area contributed by atoms with Crippen molar-refractivity contribution in [2.45, 2.75) is 6.92 Å². The van der Waals surface area contributed by atoms with Gasteiger partial charge in [-0.15, -0.1) is 0 Å². The van der Waals surface area contributed by atoms with Gasteiger partial charge >= 0.3 is 0 Å². The van der Waals surface area contributed by atoms with Crippen LogP contribution < -0.4 is 4.74 Å². The molecule has 0 fully saturated rings. The third-order valence-corrected chi connectivity index (χ3v) is 2.62. The molecule has 0 spiro atoms. The lowest BCUT2D eigenvalue weighted by atomic mass is 10.2. The molecular weight excluding hydrogens is 213 g/mol. The van der Waals surface area contributed by atoms with Crippen LogP contribution in [0.1, 0.15) is 6.92 Å². The number of nitrogens with zero attached hydrogens (tertiary/aromatic N) is 1. The van der Waals surface area contributed by atoms with E-state index in [0.717, 1.165) is 11.3 Å². The van der Waals surface area contributed by atoms with Crippen LogP contribution in [0, 0.1) is 5.82 Å². The van der Waals surface area contributed by atoms with E-state index >= 15 is 0 Å². The van der Waals surface area contributed by atoms with E-state index in [1.54, 1.807) is 6.07 Å². The molecule has 1 aromatic carbocycles. The van der Waals surface area contributed by atoms with Gasteiger partial charge in [0.05, 0.1) is 12.3 Å². The largest absolute Gasteiger partial charge is 0.470 e. The van der Waals surface area contributed by atoms with Gasteiger partial charge in [0.15, 0.2) is 0 Å². The highest BCUT2D eigenvalue weighted by atomic mass is 32.1. The number of rotatable bonds is 3. The predicted octanol–water partition coefficient (Wildman–Crippen LogP) is 3.35. The summed E-state index contributed by atoms with van der Waals surface area (Å²) >= 11 is 1.42. The van der Waals surface area contributed by atoms with Crippen LogP contribution in [-0.4, -0.2) is 11.6 Å². The summed E-state index contributed by atoms with van der Waals surface area (Å²) in [6, 6.07) is 6.38. The molecule has 2 aromatic rings. The molecule has 0 aliphatic rings. The number of benzene rings is 1. The number of ether oxygens (including phenoxy) is 1. The molecule has 0 bridgehead atoms. The number of thiazole rings is 1. The van der Waals surface area contributed by atoms with Gasteiger partial charge in [-0.1, -0.05) is 23.5 Å². The van der Waals surface area contributed by atoms with Crippen molar-refractivity contribution < 1.29 is 9.13 Å². The van der Waals surface area contributed by atoms with E-state index < -0.39 is 0 Å². The average Bonchev–Trinajstić information content (AvgIpc) is 2.67. The van der Waals surface area contributed by atoms with Crippen molar-refractivity contribution in [3.05, 3.63) is 35.5 Å². The molecule has 0 atom stereocenters. The van der Waals surface area contributed by atoms with E-state index in [2.05, 4.69) is 4.98 Å². The van der Waals surface area contributed by atoms with Gasteiger partial charge in [0, 0.05) is 10.9 Å². The first-order valence-corrected chi connectivity index (χ1v) is 5.52. The van der Waals surface area contributed by atoms with Crippen LogP contribution in [0.2, 0.25) is 0 Å². The van der Waals surface area contributed by atoms with Crippen LogP contribution in [-0.2, 0) is 0 Å². The lowest BCUT2D eigenvalue weighted by molar-refractivity contribution is 0.338. The zero-order valence-corrected chi connectivity index (χ0v) is 9.05. The molecule has 15 heavy (non-hydrogen) atoms.